The number of thioether (sulfide) groups is 1. The quantitative estimate of drug-likeness (QED) is 0.829. The van der Waals surface area contributed by atoms with Crippen LogP contribution in [0.3, 0.4) is 0 Å². The molecule has 1 unspecified atom stereocenters. The SMILES string of the molecule is CSCC(C)NC(=O)c1cc(C)c(C#CCN)s1. The summed E-state index contributed by atoms with van der Waals surface area (Å²) >= 11 is 3.14. The first-order valence-corrected chi connectivity index (χ1v) is 7.88. The van der Waals surface area contributed by atoms with Gasteiger partial charge >= 0.3 is 0 Å². The maximum Gasteiger partial charge on any atom is 0.261 e. The third-order valence-electron chi connectivity index (χ3n) is 2.24. The van der Waals surface area contributed by atoms with Crippen LogP contribution >= 0.6 is 23.1 Å². The van der Waals surface area contributed by atoms with Gasteiger partial charge in [-0.05, 0) is 31.7 Å². The van der Waals surface area contributed by atoms with Crippen molar-refractivity contribution < 1.29 is 4.79 Å². The summed E-state index contributed by atoms with van der Waals surface area (Å²) in [6, 6.07) is 2.06. The standard InChI is InChI=1S/C13H18N2OS2/c1-9-7-12(18-11(9)5-4-6-14)13(16)15-10(2)8-17-3/h7,10H,6,8,14H2,1-3H3,(H,15,16). The Balaban J connectivity index is 2.75. The predicted molar refractivity (Wildman–Crippen MR) is 80.3 cm³/mol. The van der Waals surface area contributed by atoms with Gasteiger partial charge in [-0.1, -0.05) is 11.8 Å². The van der Waals surface area contributed by atoms with E-state index >= 15 is 0 Å². The average Bonchev–Trinajstić information content (AvgIpc) is 2.68. The lowest BCUT2D eigenvalue weighted by Crippen LogP contribution is -2.33. The van der Waals surface area contributed by atoms with Gasteiger partial charge in [-0.15, -0.1) is 11.3 Å². The zero-order chi connectivity index (χ0) is 13.5. The van der Waals surface area contributed by atoms with Crippen molar-refractivity contribution in [2.75, 3.05) is 18.6 Å². The molecule has 1 aromatic rings. The van der Waals surface area contributed by atoms with E-state index in [1.165, 1.54) is 11.3 Å². The van der Waals surface area contributed by atoms with E-state index in [-0.39, 0.29) is 11.9 Å². The van der Waals surface area contributed by atoms with Crippen LogP contribution in [0, 0.1) is 18.8 Å². The predicted octanol–water partition coefficient (Wildman–Crippen LogP) is 1.85. The molecule has 0 aliphatic rings. The van der Waals surface area contributed by atoms with Gasteiger partial charge in [-0.25, -0.2) is 0 Å². The summed E-state index contributed by atoms with van der Waals surface area (Å²) in [5, 5.41) is 2.97. The third-order valence-corrected chi connectivity index (χ3v) is 4.22. The zero-order valence-electron chi connectivity index (χ0n) is 10.9. The van der Waals surface area contributed by atoms with Gasteiger partial charge < -0.3 is 11.1 Å². The molecule has 0 saturated heterocycles. The van der Waals surface area contributed by atoms with Crippen molar-refractivity contribution in [3.8, 4) is 11.8 Å². The maximum absolute atomic E-state index is 12.0. The number of carbonyl (C=O) groups excluding carboxylic acids is 1. The fourth-order valence-corrected chi connectivity index (χ4v) is 2.97. The Morgan fingerprint density at radius 1 is 1.67 bits per heavy atom. The summed E-state index contributed by atoms with van der Waals surface area (Å²) in [7, 11) is 0. The van der Waals surface area contributed by atoms with Crippen molar-refractivity contribution in [2.24, 2.45) is 5.73 Å². The first-order valence-electron chi connectivity index (χ1n) is 5.67. The van der Waals surface area contributed by atoms with E-state index in [0.717, 1.165) is 16.2 Å². The number of amides is 1. The molecule has 1 rings (SSSR count). The Bertz CT molecular complexity index is 471. The van der Waals surface area contributed by atoms with Crippen LogP contribution in [0.1, 0.15) is 27.0 Å². The largest absolute Gasteiger partial charge is 0.348 e. The van der Waals surface area contributed by atoms with Gasteiger partial charge in [0.15, 0.2) is 0 Å². The number of nitrogens with one attached hydrogen (secondary N) is 1. The van der Waals surface area contributed by atoms with Crippen molar-refractivity contribution in [3.05, 3.63) is 21.4 Å². The second kappa shape index (κ2) is 7.47. The molecule has 0 fully saturated rings. The second-order valence-corrected chi connectivity index (χ2v) is 5.92. The highest BCUT2D eigenvalue weighted by molar-refractivity contribution is 7.98. The molecular formula is C13H18N2OS2. The number of aryl methyl sites for hydroxylation is 1. The van der Waals surface area contributed by atoms with E-state index in [0.29, 0.717) is 11.4 Å². The summed E-state index contributed by atoms with van der Waals surface area (Å²) in [5.74, 6) is 6.69. The molecule has 0 bridgehead atoms. The molecule has 0 aromatic carbocycles. The molecule has 1 aromatic heterocycles. The van der Waals surface area contributed by atoms with E-state index in [4.69, 9.17) is 5.73 Å². The summed E-state index contributed by atoms with van der Waals surface area (Å²) < 4.78 is 0. The molecule has 1 heterocycles. The lowest BCUT2D eigenvalue weighted by Gasteiger charge is -2.10. The second-order valence-electron chi connectivity index (χ2n) is 3.96. The van der Waals surface area contributed by atoms with Crippen LogP contribution in [0.25, 0.3) is 0 Å². The molecule has 0 spiro atoms. The van der Waals surface area contributed by atoms with Gasteiger partial charge in [0.1, 0.15) is 0 Å². The number of hydrogen-bond donors (Lipinski definition) is 2. The Kier molecular flexibility index (Phi) is 6.27. The summed E-state index contributed by atoms with van der Waals surface area (Å²) in [6.45, 7) is 4.30. The van der Waals surface area contributed by atoms with Crippen LogP contribution in [0.15, 0.2) is 6.07 Å². The summed E-state index contributed by atoms with van der Waals surface area (Å²) in [4.78, 5) is 13.6. The lowest BCUT2D eigenvalue weighted by molar-refractivity contribution is 0.0948. The van der Waals surface area contributed by atoms with Gasteiger partial charge in [0, 0.05) is 11.8 Å². The molecule has 1 amide bonds. The number of thiophene rings is 1. The van der Waals surface area contributed by atoms with Crippen molar-refractivity contribution >= 4 is 29.0 Å². The molecular weight excluding hydrogens is 264 g/mol. The minimum atomic E-state index is -0.0227. The fourth-order valence-electron chi connectivity index (χ4n) is 1.44. The number of nitrogens with two attached hydrogens (primary N) is 1. The molecule has 0 saturated carbocycles. The number of rotatable bonds is 4. The maximum atomic E-state index is 12.0. The monoisotopic (exact) mass is 282 g/mol. The highest BCUT2D eigenvalue weighted by atomic mass is 32.2. The first-order chi connectivity index (χ1) is 8.58. The Hall–Kier alpha value is -0.960. The smallest absolute Gasteiger partial charge is 0.261 e. The van der Waals surface area contributed by atoms with Crippen molar-refractivity contribution in [1.82, 2.24) is 5.32 Å². The molecule has 1 atom stereocenters. The van der Waals surface area contributed by atoms with Crippen LogP contribution in [0.4, 0.5) is 0 Å². The van der Waals surface area contributed by atoms with E-state index < -0.39 is 0 Å². The molecule has 0 aliphatic heterocycles. The Labute approximate surface area is 117 Å². The van der Waals surface area contributed by atoms with Crippen molar-refractivity contribution in [2.45, 2.75) is 19.9 Å². The fraction of sp³-hybridized carbons (Fsp3) is 0.462. The summed E-state index contributed by atoms with van der Waals surface area (Å²) in [5.41, 5.74) is 6.37. The van der Waals surface area contributed by atoms with Crippen molar-refractivity contribution in [3.63, 3.8) is 0 Å². The van der Waals surface area contributed by atoms with E-state index in [9.17, 15) is 4.79 Å². The van der Waals surface area contributed by atoms with Gasteiger partial charge in [0.2, 0.25) is 0 Å². The van der Waals surface area contributed by atoms with E-state index in [2.05, 4.69) is 17.2 Å². The third kappa shape index (κ3) is 4.37. The first kappa shape index (κ1) is 15.1. The van der Waals surface area contributed by atoms with Gasteiger partial charge in [0.25, 0.3) is 5.91 Å². The normalized spacial score (nSPS) is 11.6. The van der Waals surface area contributed by atoms with E-state index in [1.807, 2.05) is 26.2 Å². The molecule has 18 heavy (non-hydrogen) atoms. The van der Waals surface area contributed by atoms with Gasteiger partial charge in [-0.3, -0.25) is 4.79 Å². The highest BCUT2D eigenvalue weighted by Crippen LogP contribution is 2.21. The van der Waals surface area contributed by atoms with Crippen LogP contribution < -0.4 is 11.1 Å². The zero-order valence-corrected chi connectivity index (χ0v) is 12.5. The Morgan fingerprint density at radius 2 is 2.39 bits per heavy atom. The average molecular weight is 282 g/mol. The summed E-state index contributed by atoms with van der Waals surface area (Å²) in [6.07, 6.45) is 2.03. The Morgan fingerprint density at radius 3 is 3.00 bits per heavy atom. The molecule has 0 radical (unpaired) electrons. The lowest BCUT2D eigenvalue weighted by atomic mass is 10.2. The number of hydrogen-bond acceptors (Lipinski definition) is 4. The van der Waals surface area contributed by atoms with Crippen molar-refractivity contribution in [1.29, 1.82) is 0 Å². The van der Waals surface area contributed by atoms with E-state index in [1.54, 1.807) is 11.8 Å². The molecule has 0 aliphatic carbocycles. The van der Waals surface area contributed by atoms with Crippen LogP contribution in [-0.4, -0.2) is 30.5 Å². The number of carbonyl (C=O) groups is 1. The molecule has 5 heteroatoms. The van der Waals surface area contributed by atoms with Crippen LogP contribution in [0.5, 0.6) is 0 Å². The van der Waals surface area contributed by atoms with Gasteiger partial charge in [0.05, 0.1) is 16.3 Å². The molecule has 3 nitrogen and oxygen atoms in total. The minimum absolute atomic E-state index is 0.0227. The minimum Gasteiger partial charge on any atom is -0.348 e. The molecule has 3 N–H and O–H groups in total. The highest BCUT2D eigenvalue weighted by Gasteiger charge is 2.13. The molecule has 98 valence electrons. The topological polar surface area (TPSA) is 55.1 Å². The van der Waals surface area contributed by atoms with Gasteiger partial charge in [-0.2, -0.15) is 11.8 Å². The van der Waals surface area contributed by atoms with Crippen LogP contribution in [0.2, 0.25) is 0 Å². The van der Waals surface area contributed by atoms with Crippen LogP contribution in [-0.2, 0) is 0 Å².